The molecule has 0 aromatic heterocycles. The lowest BCUT2D eigenvalue weighted by Gasteiger charge is -2.07. The summed E-state index contributed by atoms with van der Waals surface area (Å²) in [6, 6.07) is 7.62. The van der Waals surface area contributed by atoms with Crippen molar-refractivity contribution in [1.29, 1.82) is 0 Å². The number of benzene rings is 1. The molecule has 0 atom stereocenters. The maximum Gasteiger partial charge on any atom is 0.262 e. The predicted octanol–water partition coefficient (Wildman–Crippen LogP) is 0.912. The highest BCUT2D eigenvalue weighted by molar-refractivity contribution is 5.79. The quantitative estimate of drug-likeness (QED) is 0.478. The monoisotopic (exact) mass is 180 g/mol. The molecule has 4 nitrogen and oxygen atoms in total. The van der Waals surface area contributed by atoms with Crippen LogP contribution in [0.1, 0.15) is 5.56 Å². The number of carbonyl (C=O) groups excluding carboxylic acids is 1. The van der Waals surface area contributed by atoms with Gasteiger partial charge in [0.1, 0.15) is 0 Å². The van der Waals surface area contributed by atoms with E-state index in [9.17, 15) is 4.79 Å². The van der Waals surface area contributed by atoms with Crippen LogP contribution >= 0.6 is 0 Å². The number of hydrogen-bond acceptors (Lipinski definition) is 3. The minimum Gasteiger partial charge on any atom is -0.376 e. The van der Waals surface area contributed by atoms with E-state index in [-0.39, 0.29) is 6.54 Å². The van der Waals surface area contributed by atoms with E-state index in [4.69, 9.17) is 5.21 Å². The second-order valence-corrected chi connectivity index (χ2v) is 2.70. The first-order valence-corrected chi connectivity index (χ1v) is 3.96. The molecule has 13 heavy (non-hydrogen) atoms. The van der Waals surface area contributed by atoms with Crippen molar-refractivity contribution in [2.75, 3.05) is 11.9 Å². The number of anilines is 1. The zero-order valence-corrected chi connectivity index (χ0v) is 7.37. The minimum absolute atomic E-state index is 0.0708. The molecule has 0 aliphatic heterocycles. The molecule has 1 aromatic carbocycles. The van der Waals surface area contributed by atoms with Crippen molar-refractivity contribution in [3.63, 3.8) is 0 Å². The number of aryl methyl sites for hydroxylation is 1. The van der Waals surface area contributed by atoms with Crippen LogP contribution in [-0.2, 0) is 4.79 Å². The second kappa shape index (κ2) is 4.47. The average molecular weight is 180 g/mol. The van der Waals surface area contributed by atoms with Gasteiger partial charge < -0.3 is 5.32 Å². The van der Waals surface area contributed by atoms with Crippen molar-refractivity contribution < 1.29 is 10.0 Å². The van der Waals surface area contributed by atoms with Gasteiger partial charge in [0.15, 0.2) is 0 Å². The Labute approximate surface area is 76.5 Å². The molecule has 1 aromatic rings. The second-order valence-electron chi connectivity index (χ2n) is 2.70. The van der Waals surface area contributed by atoms with E-state index in [1.165, 1.54) is 0 Å². The first kappa shape index (κ1) is 9.54. The van der Waals surface area contributed by atoms with E-state index in [0.29, 0.717) is 0 Å². The highest BCUT2D eigenvalue weighted by Crippen LogP contribution is 2.11. The standard InChI is InChI=1S/C9H12N2O2/c1-7-4-2-3-5-8(7)10-6-9(12)11-13/h2-5,10,13H,6H2,1H3,(H,11,12). The van der Waals surface area contributed by atoms with Gasteiger partial charge in [0.25, 0.3) is 5.91 Å². The molecule has 0 radical (unpaired) electrons. The topological polar surface area (TPSA) is 61.4 Å². The molecule has 0 saturated heterocycles. The molecule has 70 valence electrons. The van der Waals surface area contributed by atoms with Gasteiger partial charge in [-0.15, -0.1) is 0 Å². The average Bonchev–Trinajstić information content (AvgIpc) is 2.16. The van der Waals surface area contributed by atoms with Gasteiger partial charge in [0.05, 0.1) is 6.54 Å². The van der Waals surface area contributed by atoms with Crippen LogP contribution in [0.2, 0.25) is 0 Å². The van der Waals surface area contributed by atoms with Gasteiger partial charge in [-0.1, -0.05) is 18.2 Å². The lowest BCUT2D eigenvalue weighted by Crippen LogP contribution is -2.26. The van der Waals surface area contributed by atoms with Gasteiger partial charge in [-0.3, -0.25) is 10.0 Å². The van der Waals surface area contributed by atoms with Gasteiger partial charge >= 0.3 is 0 Å². The van der Waals surface area contributed by atoms with Crippen LogP contribution in [0.3, 0.4) is 0 Å². The van der Waals surface area contributed by atoms with Crippen molar-refractivity contribution in [2.24, 2.45) is 0 Å². The largest absolute Gasteiger partial charge is 0.376 e. The Kier molecular flexibility index (Phi) is 3.28. The van der Waals surface area contributed by atoms with Crippen LogP contribution in [0.25, 0.3) is 0 Å². The summed E-state index contributed by atoms with van der Waals surface area (Å²) in [5.74, 6) is -0.455. The third-order valence-corrected chi connectivity index (χ3v) is 1.71. The Hall–Kier alpha value is -1.55. The molecule has 0 saturated carbocycles. The Morgan fingerprint density at radius 3 is 2.77 bits per heavy atom. The Balaban J connectivity index is 2.54. The van der Waals surface area contributed by atoms with Crippen LogP contribution in [0.5, 0.6) is 0 Å². The summed E-state index contributed by atoms with van der Waals surface area (Å²) in [7, 11) is 0. The number of para-hydroxylation sites is 1. The number of amides is 1. The smallest absolute Gasteiger partial charge is 0.262 e. The molecular weight excluding hydrogens is 168 g/mol. The maximum absolute atomic E-state index is 10.7. The first-order chi connectivity index (χ1) is 6.24. The van der Waals surface area contributed by atoms with E-state index < -0.39 is 5.91 Å². The fraction of sp³-hybridized carbons (Fsp3) is 0.222. The predicted molar refractivity (Wildman–Crippen MR) is 49.6 cm³/mol. The number of rotatable bonds is 3. The normalized spacial score (nSPS) is 9.38. The van der Waals surface area contributed by atoms with Gasteiger partial charge in [-0.2, -0.15) is 0 Å². The Bertz CT molecular complexity index is 299. The summed E-state index contributed by atoms with van der Waals surface area (Å²) in [6.45, 7) is 2.01. The fourth-order valence-corrected chi connectivity index (χ4v) is 0.986. The molecule has 3 N–H and O–H groups in total. The number of hydrogen-bond donors (Lipinski definition) is 3. The molecule has 0 heterocycles. The zero-order chi connectivity index (χ0) is 9.68. The van der Waals surface area contributed by atoms with Gasteiger partial charge in [-0.05, 0) is 18.6 Å². The van der Waals surface area contributed by atoms with E-state index in [0.717, 1.165) is 11.3 Å². The van der Waals surface area contributed by atoms with Crippen LogP contribution in [0.4, 0.5) is 5.69 Å². The molecule has 1 amide bonds. The van der Waals surface area contributed by atoms with Crippen molar-refractivity contribution in [2.45, 2.75) is 6.92 Å². The van der Waals surface area contributed by atoms with E-state index in [1.54, 1.807) is 5.48 Å². The third kappa shape index (κ3) is 2.76. The maximum atomic E-state index is 10.7. The van der Waals surface area contributed by atoms with E-state index in [2.05, 4.69) is 5.32 Å². The van der Waals surface area contributed by atoms with Crippen molar-refractivity contribution in [3.8, 4) is 0 Å². The van der Waals surface area contributed by atoms with Crippen molar-refractivity contribution in [3.05, 3.63) is 29.8 Å². The van der Waals surface area contributed by atoms with Crippen LogP contribution in [0.15, 0.2) is 24.3 Å². The SMILES string of the molecule is Cc1ccccc1NCC(=O)NO. The Morgan fingerprint density at radius 2 is 2.15 bits per heavy atom. The van der Waals surface area contributed by atoms with Crippen LogP contribution in [-0.4, -0.2) is 17.7 Å². The molecule has 0 unspecified atom stereocenters. The lowest BCUT2D eigenvalue weighted by molar-refractivity contribution is -0.127. The van der Waals surface area contributed by atoms with Crippen molar-refractivity contribution >= 4 is 11.6 Å². The summed E-state index contributed by atoms with van der Waals surface area (Å²) in [5, 5.41) is 11.1. The zero-order valence-electron chi connectivity index (χ0n) is 7.37. The fourth-order valence-electron chi connectivity index (χ4n) is 0.986. The molecule has 0 spiro atoms. The molecule has 0 bridgehead atoms. The summed E-state index contributed by atoms with van der Waals surface area (Å²) in [4.78, 5) is 10.7. The van der Waals surface area contributed by atoms with Crippen molar-refractivity contribution in [1.82, 2.24) is 5.48 Å². The van der Waals surface area contributed by atoms with E-state index >= 15 is 0 Å². The molecule has 4 heteroatoms. The molecule has 0 fully saturated rings. The Morgan fingerprint density at radius 1 is 1.46 bits per heavy atom. The molecular formula is C9H12N2O2. The summed E-state index contributed by atoms with van der Waals surface area (Å²) >= 11 is 0. The van der Waals surface area contributed by atoms with E-state index in [1.807, 2.05) is 31.2 Å². The van der Waals surface area contributed by atoms with Gasteiger partial charge in [0.2, 0.25) is 0 Å². The highest BCUT2D eigenvalue weighted by atomic mass is 16.5. The molecule has 1 rings (SSSR count). The molecule has 0 aliphatic carbocycles. The lowest BCUT2D eigenvalue weighted by atomic mass is 10.2. The van der Waals surface area contributed by atoms with Crippen LogP contribution in [0, 0.1) is 6.92 Å². The summed E-state index contributed by atoms with van der Waals surface area (Å²) in [6.07, 6.45) is 0. The van der Waals surface area contributed by atoms with Gasteiger partial charge in [0, 0.05) is 5.69 Å². The van der Waals surface area contributed by atoms with Crippen LogP contribution < -0.4 is 10.8 Å². The minimum atomic E-state index is -0.455. The number of hydroxylamine groups is 1. The summed E-state index contributed by atoms with van der Waals surface area (Å²) in [5.41, 5.74) is 3.51. The van der Waals surface area contributed by atoms with Gasteiger partial charge in [-0.25, -0.2) is 5.48 Å². The summed E-state index contributed by atoms with van der Waals surface area (Å²) < 4.78 is 0. The first-order valence-electron chi connectivity index (χ1n) is 3.96. The molecule has 0 aliphatic rings. The number of nitrogens with one attached hydrogen (secondary N) is 2. The third-order valence-electron chi connectivity index (χ3n) is 1.71. The number of carbonyl (C=O) groups is 1. The highest BCUT2D eigenvalue weighted by Gasteiger charge is 1.99.